The molecule has 1 aromatic carbocycles. The summed E-state index contributed by atoms with van der Waals surface area (Å²) in [5, 5.41) is 21.4. The average molecular weight is 298 g/mol. The molecule has 10 heteroatoms. The average Bonchev–Trinajstić information content (AvgIpc) is 2.45. The van der Waals surface area contributed by atoms with Crippen LogP contribution >= 0.6 is 0 Å². The molecule has 0 unspecified atom stereocenters. The lowest BCUT2D eigenvalue weighted by Gasteiger charge is -2.09. The molecule has 0 bridgehead atoms. The van der Waals surface area contributed by atoms with Crippen LogP contribution in [0.25, 0.3) is 0 Å². The summed E-state index contributed by atoms with van der Waals surface area (Å²) in [7, 11) is 0. The number of nitrogens with zero attached hydrogens (tertiary/aromatic N) is 2. The number of benzene rings is 1. The molecule has 0 fully saturated rings. The van der Waals surface area contributed by atoms with Crippen molar-refractivity contribution >= 4 is 23.2 Å². The fraction of sp³-hybridized carbons (Fsp3) is 0.364. The highest BCUT2D eigenvalue weighted by molar-refractivity contribution is 5.72. The van der Waals surface area contributed by atoms with Gasteiger partial charge in [0.15, 0.2) is 0 Å². The van der Waals surface area contributed by atoms with Crippen LogP contribution in [0.3, 0.4) is 0 Å². The number of nitro benzene ring substituents is 2. The van der Waals surface area contributed by atoms with E-state index in [0.717, 1.165) is 24.6 Å². The Hall–Kier alpha value is -2.91. The molecule has 0 saturated heterocycles. The number of nitrogens with one attached hydrogen (secondary N) is 2. The van der Waals surface area contributed by atoms with Crippen molar-refractivity contribution in [1.29, 1.82) is 0 Å². The van der Waals surface area contributed by atoms with Crippen LogP contribution in [0.15, 0.2) is 18.2 Å². The topological polar surface area (TPSA) is 137 Å². The SMILES string of the molecule is CCCCOC(=O)NNc1ccc([N+](=O)[O-])cc1[N+](=O)[O-]. The lowest BCUT2D eigenvalue weighted by molar-refractivity contribution is -0.393. The third-order valence-corrected chi connectivity index (χ3v) is 2.42. The molecule has 10 nitrogen and oxygen atoms in total. The van der Waals surface area contributed by atoms with Crippen LogP contribution in [-0.4, -0.2) is 22.5 Å². The van der Waals surface area contributed by atoms with Crippen molar-refractivity contribution in [2.24, 2.45) is 0 Å². The molecule has 114 valence electrons. The van der Waals surface area contributed by atoms with E-state index in [1.54, 1.807) is 0 Å². The Labute approximate surface area is 119 Å². The van der Waals surface area contributed by atoms with Gasteiger partial charge in [0.1, 0.15) is 5.69 Å². The molecule has 1 rings (SSSR count). The number of nitro groups is 2. The van der Waals surface area contributed by atoms with Gasteiger partial charge in [0, 0.05) is 6.07 Å². The van der Waals surface area contributed by atoms with Crippen LogP contribution in [0.2, 0.25) is 0 Å². The van der Waals surface area contributed by atoms with Gasteiger partial charge in [-0.2, -0.15) is 0 Å². The lowest BCUT2D eigenvalue weighted by atomic mass is 10.2. The molecule has 0 aliphatic carbocycles. The zero-order valence-electron chi connectivity index (χ0n) is 11.2. The summed E-state index contributed by atoms with van der Waals surface area (Å²) in [5.74, 6) is 0. The Morgan fingerprint density at radius 2 is 2.00 bits per heavy atom. The Bertz CT molecular complexity index is 548. The highest BCUT2D eigenvalue weighted by Crippen LogP contribution is 2.28. The van der Waals surface area contributed by atoms with E-state index in [2.05, 4.69) is 10.9 Å². The molecular weight excluding hydrogens is 284 g/mol. The predicted molar refractivity (Wildman–Crippen MR) is 72.8 cm³/mol. The molecule has 0 aromatic heterocycles. The predicted octanol–water partition coefficient (Wildman–Crippen LogP) is 2.36. The number of anilines is 1. The number of ether oxygens (including phenoxy) is 1. The van der Waals surface area contributed by atoms with Crippen molar-refractivity contribution in [3.63, 3.8) is 0 Å². The maximum absolute atomic E-state index is 11.3. The van der Waals surface area contributed by atoms with Crippen LogP contribution in [0.5, 0.6) is 0 Å². The maximum atomic E-state index is 11.3. The number of hydrazine groups is 1. The van der Waals surface area contributed by atoms with Crippen molar-refractivity contribution in [1.82, 2.24) is 5.43 Å². The Kier molecular flexibility index (Phi) is 5.86. The van der Waals surface area contributed by atoms with Gasteiger partial charge in [0.25, 0.3) is 5.69 Å². The Morgan fingerprint density at radius 3 is 2.57 bits per heavy atom. The van der Waals surface area contributed by atoms with Gasteiger partial charge in [0.2, 0.25) is 0 Å². The summed E-state index contributed by atoms with van der Waals surface area (Å²) in [5.41, 5.74) is 3.38. The molecule has 2 N–H and O–H groups in total. The largest absolute Gasteiger partial charge is 0.448 e. The monoisotopic (exact) mass is 298 g/mol. The number of amides is 1. The van der Waals surface area contributed by atoms with Crippen LogP contribution in [-0.2, 0) is 4.74 Å². The molecular formula is C11H14N4O6. The first-order valence-electron chi connectivity index (χ1n) is 6.07. The van der Waals surface area contributed by atoms with Crippen molar-refractivity contribution in [3.05, 3.63) is 38.4 Å². The van der Waals surface area contributed by atoms with E-state index < -0.39 is 27.3 Å². The van der Waals surface area contributed by atoms with Gasteiger partial charge in [-0.05, 0) is 12.5 Å². The minimum Gasteiger partial charge on any atom is -0.448 e. The number of unbranched alkanes of at least 4 members (excludes halogenated alkanes) is 1. The standard InChI is InChI=1S/C11H14N4O6/c1-2-3-6-21-11(16)13-12-9-5-4-8(14(17)18)7-10(9)15(19)20/h4-5,7,12H,2-3,6H2,1H3,(H,13,16). The molecule has 1 amide bonds. The third kappa shape index (κ3) is 4.93. The number of hydrogen-bond donors (Lipinski definition) is 2. The number of carbonyl (C=O) groups excluding carboxylic acids is 1. The molecule has 0 radical (unpaired) electrons. The van der Waals surface area contributed by atoms with Gasteiger partial charge in [-0.1, -0.05) is 13.3 Å². The Balaban J connectivity index is 2.72. The van der Waals surface area contributed by atoms with E-state index in [1.807, 2.05) is 6.92 Å². The number of carbonyl (C=O) groups is 1. The van der Waals surface area contributed by atoms with Gasteiger partial charge in [-0.25, -0.2) is 10.2 Å². The van der Waals surface area contributed by atoms with Crippen molar-refractivity contribution in [2.75, 3.05) is 12.0 Å². The molecule has 0 aliphatic rings. The highest BCUT2D eigenvalue weighted by Gasteiger charge is 2.19. The summed E-state index contributed by atoms with van der Waals surface area (Å²) >= 11 is 0. The van der Waals surface area contributed by atoms with Crippen molar-refractivity contribution in [3.8, 4) is 0 Å². The summed E-state index contributed by atoms with van der Waals surface area (Å²) in [6, 6.07) is 3.01. The van der Waals surface area contributed by atoms with Crippen LogP contribution < -0.4 is 10.9 Å². The normalized spacial score (nSPS) is 9.76. The number of rotatable bonds is 7. The van der Waals surface area contributed by atoms with Gasteiger partial charge in [0.05, 0.1) is 22.5 Å². The summed E-state index contributed by atoms with van der Waals surface area (Å²) in [6.45, 7) is 2.16. The van der Waals surface area contributed by atoms with Crippen LogP contribution in [0.1, 0.15) is 19.8 Å². The van der Waals surface area contributed by atoms with E-state index in [-0.39, 0.29) is 12.3 Å². The van der Waals surface area contributed by atoms with Crippen LogP contribution in [0, 0.1) is 20.2 Å². The summed E-state index contributed by atoms with van der Waals surface area (Å²) < 4.78 is 4.78. The molecule has 0 saturated carbocycles. The molecule has 0 heterocycles. The minimum absolute atomic E-state index is 0.0851. The quantitative estimate of drug-likeness (QED) is 0.447. The molecule has 0 spiro atoms. The minimum atomic E-state index is -0.795. The summed E-state index contributed by atoms with van der Waals surface area (Å²) in [4.78, 5) is 31.2. The summed E-state index contributed by atoms with van der Waals surface area (Å²) in [6.07, 6.45) is 0.760. The molecule has 0 atom stereocenters. The first kappa shape index (κ1) is 16.1. The first-order valence-corrected chi connectivity index (χ1v) is 6.07. The smallest absolute Gasteiger partial charge is 0.425 e. The van der Waals surface area contributed by atoms with E-state index in [1.165, 1.54) is 0 Å². The fourth-order valence-electron chi connectivity index (χ4n) is 1.35. The van der Waals surface area contributed by atoms with E-state index in [0.29, 0.717) is 6.42 Å². The van der Waals surface area contributed by atoms with Gasteiger partial charge < -0.3 is 4.74 Å². The lowest BCUT2D eigenvalue weighted by Crippen LogP contribution is -2.30. The molecule has 21 heavy (non-hydrogen) atoms. The molecule has 1 aromatic rings. The second-order valence-electron chi connectivity index (χ2n) is 3.96. The second kappa shape index (κ2) is 7.62. The van der Waals surface area contributed by atoms with E-state index in [4.69, 9.17) is 4.74 Å². The number of non-ortho nitro benzene ring substituents is 1. The van der Waals surface area contributed by atoms with Crippen molar-refractivity contribution < 1.29 is 19.4 Å². The van der Waals surface area contributed by atoms with Crippen molar-refractivity contribution in [2.45, 2.75) is 19.8 Å². The zero-order valence-corrected chi connectivity index (χ0v) is 11.2. The zero-order chi connectivity index (χ0) is 15.8. The van der Waals surface area contributed by atoms with Gasteiger partial charge in [-0.3, -0.25) is 25.7 Å². The first-order chi connectivity index (χ1) is 9.95. The van der Waals surface area contributed by atoms with Gasteiger partial charge >= 0.3 is 11.8 Å². The fourth-order valence-corrected chi connectivity index (χ4v) is 1.35. The van der Waals surface area contributed by atoms with E-state index >= 15 is 0 Å². The third-order valence-electron chi connectivity index (χ3n) is 2.42. The second-order valence-corrected chi connectivity index (χ2v) is 3.96. The van der Waals surface area contributed by atoms with E-state index in [9.17, 15) is 25.0 Å². The van der Waals surface area contributed by atoms with Crippen LogP contribution in [0.4, 0.5) is 21.9 Å². The Morgan fingerprint density at radius 1 is 1.29 bits per heavy atom. The molecule has 0 aliphatic heterocycles. The number of hydrogen-bond acceptors (Lipinski definition) is 7. The highest BCUT2D eigenvalue weighted by atomic mass is 16.6. The van der Waals surface area contributed by atoms with Gasteiger partial charge in [-0.15, -0.1) is 0 Å². The maximum Gasteiger partial charge on any atom is 0.425 e.